The maximum atomic E-state index is 14.3. The Morgan fingerprint density at radius 1 is 1.30 bits per heavy atom. The molecule has 0 aliphatic carbocycles. The predicted octanol–water partition coefficient (Wildman–Crippen LogP) is 3.39. The summed E-state index contributed by atoms with van der Waals surface area (Å²) in [6, 6.07) is 6.59. The third-order valence-corrected chi connectivity index (χ3v) is 4.37. The lowest BCUT2D eigenvalue weighted by Crippen LogP contribution is -2.50. The van der Waals surface area contributed by atoms with Crippen molar-refractivity contribution in [2.75, 3.05) is 13.1 Å². The average molecular weight is 279 g/mol. The van der Waals surface area contributed by atoms with Gasteiger partial charge in [0.05, 0.1) is 12.0 Å². The quantitative estimate of drug-likeness (QED) is 0.898. The van der Waals surface area contributed by atoms with Crippen LogP contribution in [0.4, 0.5) is 4.39 Å². The van der Waals surface area contributed by atoms with Gasteiger partial charge in [-0.2, -0.15) is 0 Å². The SMILES string of the molecule is CCC(CC(=O)O)(c1ccccc1F)N1CCCCC1. The van der Waals surface area contributed by atoms with Crippen LogP contribution >= 0.6 is 0 Å². The standard InChI is InChI=1S/C16H22FNO2/c1-2-16(12-15(19)20,18-10-6-3-7-11-18)13-8-4-5-9-14(13)17/h4-5,8-9H,2-3,6-7,10-12H2,1H3,(H,19,20). The number of aliphatic carboxylic acids is 1. The van der Waals surface area contributed by atoms with Crippen LogP contribution in [0.5, 0.6) is 0 Å². The highest BCUT2D eigenvalue weighted by Crippen LogP contribution is 2.38. The summed E-state index contributed by atoms with van der Waals surface area (Å²) in [4.78, 5) is 13.5. The third kappa shape index (κ3) is 2.85. The lowest BCUT2D eigenvalue weighted by atomic mass is 9.80. The highest BCUT2D eigenvalue weighted by molar-refractivity contribution is 5.69. The second-order valence-electron chi connectivity index (χ2n) is 5.48. The molecule has 0 radical (unpaired) electrons. The highest BCUT2D eigenvalue weighted by atomic mass is 19.1. The topological polar surface area (TPSA) is 40.5 Å². The minimum absolute atomic E-state index is 0.0512. The third-order valence-electron chi connectivity index (χ3n) is 4.37. The van der Waals surface area contributed by atoms with E-state index in [2.05, 4.69) is 4.90 Å². The molecule has 0 saturated carbocycles. The molecule has 20 heavy (non-hydrogen) atoms. The summed E-state index contributed by atoms with van der Waals surface area (Å²) in [5.41, 5.74) is -0.204. The van der Waals surface area contributed by atoms with E-state index in [9.17, 15) is 14.3 Å². The van der Waals surface area contributed by atoms with Crippen LogP contribution in [0.3, 0.4) is 0 Å². The predicted molar refractivity (Wildman–Crippen MR) is 76.0 cm³/mol. The van der Waals surface area contributed by atoms with E-state index >= 15 is 0 Å². The molecule has 4 heteroatoms. The summed E-state index contributed by atoms with van der Waals surface area (Å²) < 4.78 is 14.3. The molecule has 0 aromatic heterocycles. The first-order valence-corrected chi connectivity index (χ1v) is 7.32. The Bertz CT molecular complexity index is 471. The van der Waals surface area contributed by atoms with Crippen LogP contribution in [0.25, 0.3) is 0 Å². The van der Waals surface area contributed by atoms with Crippen molar-refractivity contribution >= 4 is 5.97 Å². The first-order valence-electron chi connectivity index (χ1n) is 7.32. The van der Waals surface area contributed by atoms with E-state index in [4.69, 9.17) is 0 Å². The van der Waals surface area contributed by atoms with Gasteiger partial charge < -0.3 is 5.11 Å². The molecule has 1 unspecified atom stereocenters. The first-order chi connectivity index (χ1) is 9.60. The number of carboxylic acid groups (broad SMARTS) is 1. The Morgan fingerprint density at radius 2 is 1.95 bits per heavy atom. The summed E-state index contributed by atoms with van der Waals surface area (Å²) in [5.74, 6) is -1.18. The molecular weight excluding hydrogens is 257 g/mol. The minimum atomic E-state index is -0.874. The summed E-state index contributed by atoms with van der Waals surface area (Å²) in [7, 11) is 0. The van der Waals surface area contributed by atoms with Gasteiger partial charge >= 0.3 is 5.97 Å². The van der Waals surface area contributed by atoms with Crippen molar-refractivity contribution < 1.29 is 14.3 Å². The van der Waals surface area contributed by atoms with Crippen molar-refractivity contribution in [1.82, 2.24) is 4.90 Å². The zero-order chi connectivity index (χ0) is 14.6. The molecular formula is C16H22FNO2. The molecule has 0 spiro atoms. The first kappa shape index (κ1) is 15.0. The monoisotopic (exact) mass is 279 g/mol. The summed E-state index contributed by atoms with van der Waals surface area (Å²) in [6.07, 6.45) is 3.82. The smallest absolute Gasteiger partial charge is 0.305 e. The molecule has 1 aliphatic rings. The van der Waals surface area contributed by atoms with Gasteiger partial charge in [0.25, 0.3) is 0 Å². The van der Waals surface area contributed by atoms with Gasteiger partial charge in [-0.25, -0.2) is 4.39 Å². The van der Waals surface area contributed by atoms with Crippen molar-refractivity contribution in [3.05, 3.63) is 35.6 Å². The fourth-order valence-electron chi connectivity index (χ4n) is 3.33. The zero-order valence-electron chi connectivity index (χ0n) is 11.9. The Balaban J connectivity index is 2.46. The van der Waals surface area contributed by atoms with Crippen LogP contribution in [0.1, 0.15) is 44.6 Å². The molecule has 1 heterocycles. The lowest BCUT2D eigenvalue weighted by molar-refractivity contribution is -0.141. The number of piperidine rings is 1. The van der Waals surface area contributed by atoms with Crippen molar-refractivity contribution in [3.63, 3.8) is 0 Å². The number of hydrogen-bond acceptors (Lipinski definition) is 2. The summed E-state index contributed by atoms with van der Waals surface area (Å²) in [6.45, 7) is 3.63. The maximum Gasteiger partial charge on any atom is 0.305 e. The number of likely N-dealkylation sites (tertiary alicyclic amines) is 1. The van der Waals surface area contributed by atoms with Crippen LogP contribution in [0, 0.1) is 5.82 Å². The maximum absolute atomic E-state index is 14.3. The van der Waals surface area contributed by atoms with Crippen molar-refractivity contribution in [2.24, 2.45) is 0 Å². The van der Waals surface area contributed by atoms with Gasteiger partial charge in [-0.05, 0) is 38.4 Å². The Kier molecular flexibility index (Phi) is 4.76. The summed E-state index contributed by atoms with van der Waals surface area (Å²) in [5, 5.41) is 9.31. The van der Waals surface area contributed by atoms with Crippen molar-refractivity contribution in [3.8, 4) is 0 Å². The molecule has 1 atom stereocenters. The molecule has 1 saturated heterocycles. The summed E-state index contributed by atoms with van der Waals surface area (Å²) >= 11 is 0. The number of halogens is 1. The van der Waals surface area contributed by atoms with Gasteiger partial charge in [-0.3, -0.25) is 9.69 Å². The molecule has 110 valence electrons. The van der Waals surface area contributed by atoms with Crippen LogP contribution in [0.15, 0.2) is 24.3 Å². The van der Waals surface area contributed by atoms with Crippen molar-refractivity contribution in [2.45, 2.75) is 44.6 Å². The van der Waals surface area contributed by atoms with Gasteiger partial charge in [-0.15, -0.1) is 0 Å². The van der Waals surface area contributed by atoms with E-state index in [1.54, 1.807) is 18.2 Å². The highest BCUT2D eigenvalue weighted by Gasteiger charge is 2.41. The number of rotatable bonds is 5. The van der Waals surface area contributed by atoms with E-state index < -0.39 is 11.5 Å². The van der Waals surface area contributed by atoms with E-state index in [-0.39, 0.29) is 12.2 Å². The normalized spacial score (nSPS) is 19.5. The Labute approximate surface area is 119 Å². The van der Waals surface area contributed by atoms with Crippen LogP contribution in [0.2, 0.25) is 0 Å². The van der Waals surface area contributed by atoms with Gasteiger partial charge in [0.15, 0.2) is 0 Å². The fraction of sp³-hybridized carbons (Fsp3) is 0.562. The van der Waals surface area contributed by atoms with E-state index in [0.29, 0.717) is 12.0 Å². The lowest BCUT2D eigenvalue weighted by Gasteiger charge is -2.45. The molecule has 0 amide bonds. The molecule has 1 aromatic carbocycles. The number of carboxylic acids is 1. The van der Waals surface area contributed by atoms with Gasteiger partial charge in [-0.1, -0.05) is 31.5 Å². The van der Waals surface area contributed by atoms with Crippen LogP contribution < -0.4 is 0 Å². The number of nitrogens with zero attached hydrogens (tertiary/aromatic N) is 1. The van der Waals surface area contributed by atoms with E-state index in [0.717, 1.165) is 25.9 Å². The zero-order valence-corrected chi connectivity index (χ0v) is 11.9. The second-order valence-corrected chi connectivity index (χ2v) is 5.48. The Morgan fingerprint density at radius 3 is 2.50 bits per heavy atom. The molecule has 2 rings (SSSR count). The number of hydrogen-bond donors (Lipinski definition) is 1. The Hall–Kier alpha value is -1.42. The second kappa shape index (κ2) is 6.35. The molecule has 1 aliphatic heterocycles. The fourth-order valence-corrected chi connectivity index (χ4v) is 3.33. The van der Waals surface area contributed by atoms with Crippen LogP contribution in [-0.2, 0) is 10.3 Å². The molecule has 1 aromatic rings. The van der Waals surface area contributed by atoms with Gasteiger partial charge in [0, 0.05) is 5.56 Å². The molecule has 1 N–H and O–H groups in total. The molecule has 3 nitrogen and oxygen atoms in total. The van der Waals surface area contributed by atoms with Crippen molar-refractivity contribution in [1.29, 1.82) is 0 Å². The van der Waals surface area contributed by atoms with E-state index in [1.165, 1.54) is 12.5 Å². The molecule has 0 bridgehead atoms. The van der Waals surface area contributed by atoms with Gasteiger partial charge in [0.1, 0.15) is 5.82 Å². The number of benzene rings is 1. The molecule has 1 fully saturated rings. The average Bonchev–Trinajstić information content (AvgIpc) is 2.46. The number of carbonyl (C=O) groups is 1. The van der Waals surface area contributed by atoms with E-state index in [1.807, 2.05) is 6.92 Å². The van der Waals surface area contributed by atoms with Gasteiger partial charge in [0.2, 0.25) is 0 Å². The largest absolute Gasteiger partial charge is 0.481 e. The van der Waals surface area contributed by atoms with Crippen LogP contribution in [-0.4, -0.2) is 29.1 Å². The minimum Gasteiger partial charge on any atom is -0.481 e.